The highest BCUT2D eigenvalue weighted by atomic mass is 16.2. The molecule has 1 aromatic heterocycles. The molecule has 0 radical (unpaired) electrons. The van der Waals surface area contributed by atoms with Crippen LogP contribution in [0, 0.1) is 6.92 Å². The van der Waals surface area contributed by atoms with Gasteiger partial charge in [0.05, 0.1) is 12.1 Å². The molecule has 1 aliphatic heterocycles. The van der Waals surface area contributed by atoms with Crippen LogP contribution in [-0.4, -0.2) is 33.9 Å². The van der Waals surface area contributed by atoms with Gasteiger partial charge >= 0.3 is 0 Å². The molecule has 1 aliphatic rings. The molecule has 0 saturated carbocycles. The number of piperidine rings is 1. The number of rotatable bonds is 3. The van der Waals surface area contributed by atoms with E-state index in [-0.39, 0.29) is 5.91 Å². The van der Waals surface area contributed by atoms with Crippen molar-refractivity contribution >= 4 is 5.91 Å². The minimum atomic E-state index is 0.211. The molecule has 2 aromatic rings. The van der Waals surface area contributed by atoms with Crippen molar-refractivity contribution in [3.05, 3.63) is 59.7 Å². The number of likely N-dealkylation sites (tertiary alicyclic amines) is 1. The molecular formula is C18H21N3O. The van der Waals surface area contributed by atoms with Crippen LogP contribution in [0.1, 0.15) is 35.6 Å². The second kappa shape index (κ2) is 6.69. The molecule has 0 spiro atoms. The van der Waals surface area contributed by atoms with E-state index < -0.39 is 0 Å². The minimum Gasteiger partial charge on any atom is -0.342 e. The Hall–Kier alpha value is -2.23. The van der Waals surface area contributed by atoms with E-state index in [4.69, 9.17) is 0 Å². The van der Waals surface area contributed by atoms with Crippen molar-refractivity contribution in [2.75, 3.05) is 13.1 Å². The van der Waals surface area contributed by atoms with Crippen LogP contribution < -0.4 is 0 Å². The van der Waals surface area contributed by atoms with Crippen LogP contribution in [0.5, 0.6) is 0 Å². The zero-order valence-corrected chi connectivity index (χ0v) is 12.9. The van der Waals surface area contributed by atoms with Crippen molar-refractivity contribution in [2.45, 2.75) is 32.1 Å². The van der Waals surface area contributed by atoms with E-state index in [2.05, 4.69) is 9.97 Å². The van der Waals surface area contributed by atoms with Gasteiger partial charge in [-0.25, -0.2) is 9.97 Å². The molecule has 22 heavy (non-hydrogen) atoms. The molecular weight excluding hydrogens is 274 g/mol. The van der Waals surface area contributed by atoms with E-state index in [1.54, 1.807) is 6.33 Å². The number of benzene rings is 1. The smallest absolute Gasteiger partial charge is 0.227 e. The SMILES string of the molecule is Cc1cncnc1C1CCCN(C(=O)Cc2ccccc2)C1. The van der Waals surface area contributed by atoms with Crippen LogP contribution in [0.2, 0.25) is 0 Å². The van der Waals surface area contributed by atoms with E-state index in [0.717, 1.165) is 42.8 Å². The Balaban J connectivity index is 1.68. The minimum absolute atomic E-state index is 0.211. The van der Waals surface area contributed by atoms with Crippen molar-refractivity contribution in [3.8, 4) is 0 Å². The van der Waals surface area contributed by atoms with E-state index in [1.165, 1.54) is 0 Å². The molecule has 4 nitrogen and oxygen atoms in total. The number of aryl methyl sites for hydroxylation is 1. The lowest BCUT2D eigenvalue weighted by Crippen LogP contribution is -2.40. The first-order valence-corrected chi connectivity index (χ1v) is 7.82. The first-order valence-electron chi connectivity index (χ1n) is 7.82. The first-order chi connectivity index (χ1) is 10.7. The molecule has 4 heteroatoms. The van der Waals surface area contributed by atoms with Crippen molar-refractivity contribution < 1.29 is 4.79 Å². The van der Waals surface area contributed by atoms with Gasteiger partial charge in [-0.2, -0.15) is 0 Å². The van der Waals surface area contributed by atoms with Crippen molar-refractivity contribution in [1.29, 1.82) is 0 Å². The molecule has 1 amide bonds. The van der Waals surface area contributed by atoms with Gasteiger partial charge in [-0.15, -0.1) is 0 Å². The molecule has 1 atom stereocenters. The Bertz CT molecular complexity index is 642. The summed E-state index contributed by atoms with van der Waals surface area (Å²) in [5.74, 6) is 0.541. The summed E-state index contributed by atoms with van der Waals surface area (Å²) in [6, 6.07) is 9.95. The fourth-order valence-electron chi connectivity index (χ4n) is 3.15. The van der Waals surface area contributed by atoms with E-state index in [9.17, 15) is 4.79 Å². The summed E-state index contributed by atoms with van der Waals surface area (Å²) in [4.78, 5) is 23.0. The maximum Gasteiger partial charge on any atom is 0.227 e. The average molecular weight is 295 g/mol. The van der Waals surface area contributed by atoms with Crippen molar-refractivity contribution in [2.24, 2.45) is 0 Å². The molecule has 1 aromatic carbocycles. The lowest BCUT2D eigenvalue weighted by molar-refractivity contribution is -0.131. The Morgan fingerprint density at radius 3 is 2.91 bits per heavy atom. The predicted molar refractivity (Wildman–Crippen MR) is 85.5 cm³/mol. The lowest BCUT2D eigenvalue weighted by Gasteiger charge is -2.33. The Morgan fingerprint density at radius 2 is 2.14 bits per heavy atom. The number of amides is 1. The molecule has 0 bridgehead atoms. The quantitative estimate of drug-likeness (QED) is 0.874. The average Bonchev–Trinajstić information content (AvgIpc) is 2.56. The Labute approximate surface area is 131 Å². The Kier molecular flexibility index (Phi) is 4.47. The Morgan fingerprint density at radius 1 is 1.32 bits per heavy atom. The standard InChI is InChI=1S/C18H21N3O/c1-14-11-19-13-20-18(14)16-8-5-9-21(12-16)17(22)10-15-6-3-2-4-7-15/h2-4,6-7,11,13,16H,5,8-10,12H2,1H3. The number of carbonyl (C=O) groups excluding carboxylic acids is 1. The van der Waals surface area contributed by atoms with Crippen molar-refractivity contribution in [3.63, 3.8) is 0 Å². The number of carbonyl (C=O) groups is 1. The number of nitrogens with zero attached hydrogens (tertiary/aromatic N) is 3. The highest BCUT2D eigenvalue weighted by Crippen LogP contribution is 2.27. The van der Waals surface area contributed by atoms with Gasteiger partial charge < -0.3 is 4.90 Å². The predicted octanol–water partition coefficient (Wildman–Crippen LogP) is 2.73. The topological polar surface area (TPSA) is 46.1 Å². The summed E-state index contributed by atoms with van der Waals surface area (Å²) in [6.45, 7) is 3.66. The molecule has 2 heterocycles. The molecule has 0 N–H and O–H groups in total. The first kappa shape index (κ1) is 14.7. The highest BCUT2D eigenvalue weighted by molar-refractivity contribution is 5.79. The van der Waals surface area contributed by atoms with Crippen LogP contribution in [0.25, 0.3) is 0 Å². The largest absolute Gasteiger partial charge is 0.342 e. The summed E-state index contributed by atoms with van der Waals surface area (Å²) in [5, 5.41) is 0. The summed E-state index contributed by atoms with van der Waals surface area (Å²) in [7, 11) is 0. The number of hydrogen-bond acceptors (Lipinski definition) is 3. The third kappa shape index (κ3) is 3.32. The maximum absolute atomic E-state index is 12.5. The van der Waals surface area contributed by atoms with Gasteiger partial charge in [0.25, 0.3) is 0 Å². The lowest BCUT2D eigenvalue weighted by atomic mass is 9.92. The fraction of sp³-hybridized carbons (Fsp3) is 0.389. The van der Waals surface area contributed by atoms with E-state index in [0.29, 0.717) is 12.3 Å². The number of aromatic nitrogens is 2. The zero-order chi connectivity index (χ0) is 15.4. The summed E-state index contributed by atoms with van der Waals surface area (Å²) < 4.78 is 0. The second-order valence-corrected chi connectivity index (χ2v) is 5.93. The summed E-state index contributed by atoms with van der Waals surface area (Å²) >= 11 is 0. The highest BCUT2D eigenvalue weighted by Gasteiger charge is 2.26. The monoisotopic (exact) mass is 295 g/mol. The van der Waals surface area contributed by atoms with Gasteiger partial charge in [0.2, 0.25) is 5.91 Å². The van der Waals surface area contributed by atoms with E-state index in [1.807, 2.05) is 48.4 Å². The molecule has 1 fully saturated rings. The molecule has 1 saturated heterocycles. The maximum atomic E-state index is 12.5. The normalized spacial score (nSPS) is 18.2. The van der Waals surface area contributed by atoms with Gasteiger partial charge in [0, 0.05) is 25.2 Å². The molecule has 0 aliphatic carbocycles. The summed E-state index contributed by atoms with van der Waals surface area (Å²) in [6.07, 6.45) is 6.07. The number of hydrogen-bond donors (Lipinski definition) is 0. The molecule has 114 valence electrons. The molecule has 3 rings (SSSR count). The van der Waals surface area contributed by atoms with Crippen LogP contribution in [0.15, 0.2) is 42.9 Å². The van der Waals surface area contributed by atoms with Crippen LogP contribution >= 0.6 is 0 Å². The van der Waals surface area contributed by atoms with Gasteiger partial charge in [0.15, 0.2) is 0 Å². The third-order valence-electron chi connectivity index (χ3n) is 4.29. The van der Waals surface area contributed by atoms with Crippen molar-refractivity contribution in [1.82, 2.24) is 14.9 Å². The van der Waals surface area contributed by atoms with E-state index >= 15 is 0 Å². The van der Waals surface area contributed by atoms with Gasteiger partial charge in [-0.3, -0.25) is 4.79 Å². The van der Waals surface area contributed by atoms with Crippen LogP contribution in [0.3, 0.4) is 0 Å². The van der Waals surface area contributed by atoms with Gasteiger partial charge in [-0.1, -0.05) is 30.3 Å². The third-order valence-corrected chi connectivity index (χ3v) is 4.29. The van der Waals surface area contributed by atoms with Crippen LogP contribution in [0.4, 0.5) is 0 Å². The van der Waals surface area contributed by atoms with Gasteiger partial charge in [0.1, 0.15) is 6.33 Å². The fourth-order valence-corrected chi connectivity index (χ4v) is 3.15. The second-order valence-electron chi connectivity index (χ2n) is 5.93. The zero-order valence-electron chi connectivity index (χ0n) is 12.9. The van der Waals surface area contributed by atoms with Crippen LogP contribution in [-0.2, 0) is 11.2 Å². The van der Waals surface area contributed by atoms with Gasteiger partial charge in [-0.05, 0) is 30.9 Å². The molecule has 1 unspecified atom stereocenters. The summed E-state index contributed by atoms with van der Waals surface area (Å²) in [5.41, 5.74) is 3.28.